The van der Waals surface area contributed by atoms with Crippen LogP contribution in [0.5, 0.6) is 0 Å². The number of carbonyl (C=O) groups is 1. The molecule has 0 aliphatic heterocycles. The number of hydrogen-bond donors (Lipinski definition) is 3. The maximum atomic E-state index is 10.9. The topological polar surface area (TPSA) is 92.0 Å². The molecule has 0 spiro atoms. The van der Waals surface area contributed by atoms with Crippen LogP contribution in [0.1, 0.15) is 12.5 Å². The fourth-order valence-electron chi connectivity index (χ4n) is 1.45. The molecule has 2 rings (SSSR count). The van der Waals surface area contributed by atoms with Gasteiger partial charge in [-0.05, 0) is 31.5 Å². The van der Waals surface area contributed by atoms with Gasteiger partial charge in [0.15, 0.2) is 5.16 Å². The number of thioether (sulfide) groups is 1. The SMILES string of the molecule is Cc1ccc2nc(SCC(C)(N)C(=O)O)[nH]c2c1. The molecule has 1 aromatic heterocycles. The highest BCUT2D eigenvalue weighted by Crippen LogP contribution is 2.22. The standard InChI is InChI=1S/C12H15N3O2S/c1-7-3-4-8-9(5-7)15-11(14-8)18-6-12(2,13)10(16)17/h3-5H,6,13H2,1-2H3,(H,14,15)(H,16,17). The summed E-state index contributed by atoms with van der Waals surface area (Å²) < 4.78 is 0. The highest BCUT2D eigenvalue weighted by Gasteiger charge is 2.28. The number of imidazole rings is 1. The predicted octanol–water partition coefficient (Wildman–Crippen LogP) is 1.77. The molecule has 1 atom stereocenters. The lowest BCUT2D eigenvalue weighted by atomic mass is 10.1. The highest BCUT2D eigenvalue weighted by molar-refractivity contribution is 7.99. The summed E-state index contributed by atoms with van der Waals surface area (Å²) in [7, 11) is 0. The van der Waals surface area contributed by atoms with Crippen LogP contribution in [-0.4, -0.2) is 32.3 Å². The number of benzene rings is 1. The number of aryl methyl sites for hydroxylation is 1. The van der Waals surface area contributed by atoms with Gasteiger partial charge in [0.25, 0.3) is 0 Å². The summed E-state index contributed by atoms with van der Waals surface area (Å²) in [6.07, 6.45) is 0. The molecule has 0 aliphatic carbocycles. The van der Waals surface area contributed by atoms with Gasteiger partial charge in [0, 0.05) is 5.75 Å². The lowest BCUT2D eigenvalue weighted by molar-refractivity contribution is -0.141. The molecule has 0 aliphatic rings. The number of fused-ring (bicyclic) bond motifs is 1. The van der Waals surface area contributed by atoms with Crippen LogP contribution in [0.25, 0.3) is 11.0 Å². The van der Waals surface area contributed by atoms with Crippen molar-refractivity contribution in [3.8, 4) is 0 Å². The number of H-pyrrole nitrogens is 1. The largest absolute Gasteiger partial charge is 0.480 e. The second-order valence-corrected chi connectivity index (χ2v) is 5.54. The third-order valence-electron chi connectivity index (χ3n) is 2.61. The summed E-state index contributed by atoms with van der Waals surface area (Å²) in [6.45, 7) is 3.50. The van der Waals surface area contributed by atoms with Crippen LogP contribution in [0.2, 0.25) is 0 Å². The molecule has 96 valence electrons. The van der Waals surface area contributed by atoms with Crippen molar-refractivity contribution >= 4 is 28.8 Å². The summed E-state index contributed by atoms with van der Waals surface area (Å²) >= 11 is 1.31. The molecular formula is C12H15N3O2S. The third kappa shape index (κ3) is 2.65. The van der Waals surface area contributed by atoms with Crippen LogP contribution in [0.3, 0.4) is 0 Å². The fourth-order valence-corrected chi connectivity index (χ4v) is 2.35. The molecule has 5 nitrogen and oxygen atoms in total. The van der Waals surface area contributed by atoms with Gasteiger partial charge in [0.2, 0.25) is 0 Å². The van der Waals surface area contributed by atoms with Crippen LogP contribution < -0.4 is 5.73 Å². The van der Waals surface area contributed by atoms with Gasteiger partial charge in [-0.3, -0.25) is 4.79 Å². The van der Waals surface area contributed by atoms with Gasteiger partial charge < -0.3 is 15.8 Å². The average molecular weight is 265 g/mol. The van der Waals surface area contributed by atoms with Crippen LogP contribution in [0.4, 0.5) is 0 Å². The fraction of sp³-hybridized carbons (Fsp3) is 0.333. The van der Waals surface area contributed by atoms with Crippen molar-refractivity contribution < 1.29 is 9.90 Å². The number of aromatic nitrogens is 2. The molecule has 2 aromatic rings. The Hall–Kier alpha value is -1.53. The van der Waals surface area contributed by atoms with Gasteiger partial charge in [-0.25, -0.2) is 4.98 Å². The van der Waals surface area contributed by atoms with Gasteiger partial charge in [-0.1, -0.05) is 17.8 Å². The van der Waals surface area contributed by atoms with Crippen molar-refractivity contribution in [2.75, 3.05) is 5.75 Å². The van der Waals surface area contributed by atoms with Crippen LogP contribution in [0, 0.1) is 6.92 Å². The molecule has 1 aromatic carbocycles. The number of rotatable bonds is 4. The van der Waals surface area contributed by atoms with Crippen molar-refractivity contribution in [1.29, 1.82) is 0 Å². The van der Waals surface area contributed by atoms with Crippen molar-refractivity contribution in [2.45, 2.75) is 24.5 Å². The number of nitrogens with two attached hydrogens (primary N) is 1. The number of nitrogens with zero attached hydrogens (tertiary/aromatic N) is 1. The maximum absolute atomic E-state index is 10.9. The maximum Gasteiger partial charge on any atom is 0.324 e. The minimum Gasteiger partial charge on any atom is -0.480 e. The van der Waals surface area contributed by atoms with Crippen molar-refractivity contribution in [3.05, 3.63) is 23.8 Å². The Balaban J connectivity index is 2.15. The molecule has 0 amide bonds. The molecule has 1 heterocycles. The Morgan fingerprint density at radius 1 is 1.61 bits per heavy atom. The summed E-state index contributed by atoms with van der Waals surface area (Å²) in [4.78, 5) is 18.4. The van der Waals surface area contributed by atoms with Crippen molar-refractivity contribution in [2.24, 2.45) is 5.73 Å². The zero-order valence-corrected chi connectivity index (χ0v) is 11.0. The van der Waals surface area contributed by atoms with Crippen molar-refractivity contribution in [1.82, 2.24) is 9.97 Å². The molecule has 4 N–H and O–H groups in total. The van der Waals surface area contributed by atoms with Gasteiger partial charge in [-0.15, -0.1) is 0 Å². The molecule has 1 unspecified atom stereocenters. The Morgan fingerprint density at radius 2 is 2.33 bits per heavy atom. The second-order valence-electron chi connectivity index (χ2n) is 4.57. The molecule has 0 bridgehead atoms. The number of carboxylic acids is 1. The zero-order valence-electron chi connectivity index (χ0n) is 10.2. The Bertz CT molecular complexity index is 592. The molecule has 18 heavy (non-hydrogen) atoms. The van der Waals surface area contributed by atoms with E-state index in [1.165, 1.54) is 18.7 Å². The van der Waals surface area contributed by atoms with Crippen molar-refractivity contribution in [3.63, 3.8) is 0 Å². The van der Waals surface area contributed by atoms with E-state index in [0.29, 0.717) is 5.16 Å². The van der Waals surface area contributed by atoms with E-state index in [-0.39, 0.29) is 5.75 Å². The van der Waals surface area contributed by atoms with Gasteiger partial charge in [-0.2, -0.15) is 0 Å². The van der Waals surface area contributed by atoms with E-state index in [0.717, 1.165) is 16.6 Å². The molecular weight excluding hydrogens is 250 g/mol. The van der Waals surface area contributed by atoms with Crippen LogP contribution in [-0.2, 0) is 4.79 Å². The smallest absolute Gasteiger partial charge is 0.324 e. The number of hydrogen-bond acceptors (Lipinski definition) is 4. The minimum absolute atomic E-state index is 0.265. The molecule has 6 heteroatoms. The number of aliphatic carboxylic acids is 1. The first-order chi connectivity index (χ1) is 8.38. The van der Waals surface area contributed by atoms with Gasteiger partial charge in [0.05, 0.1) is 11.0 Å². The van der Waals surface area contributed by atoms with Crippen LogP contribution in [0.15, 0.2) is 23.4 Å². The first-order valence-electron chi connectivity index (χ1n) is 5.50. The third-order valence-corrected chi connectivity index (χ3v) is 3.82. The average Bonchev–Trinajstić information content (AvgIpc) is 2.68. The molecule has 0 saturated heterocycles. The van der Waals surface area contributed by atoms with E-state index in [1.54, 1.807) is 0 Å². The normalized spacial score (nSPS) is 14.6. The van der Waals surface area contributed by atoms with Crippen LogP contribution >= 0.6 is 11.8 Å². The monoisotopic (exact) mass is 265 g/mol. The summed E-state index contributed by atoms with van der Waals surface area (Å²) in [5.41, 5.74) is 7.39. The zero-order chi connectivity index (χ0) is 13.3. The Labute approximate surface area is 109 Å². The molecule has 0 radical (unpaired) electrons. The number of carboxylic acid groups (broad SMARTS) is 1. The van der Waals surface area contributed by atoms with E-state index in [4.69, 9.17) is 10.8 Å². The summed E-state index contributed by atoms with van der Waals surface area (Å²) in [6, 6.07) is 5.93. The highest BCUT2D eigenvalue weighted by atomic mass is 32.2. The molecule has 0 fully saturated rings. The van der Waals surface area contributed by atoms with E-state index in [2.05, 4.69) is 9.97 Å². The Morgan fingerprint density at radius 3 is 3.00 bits per heavy atom. The lowest BCUT2D eigenvalue weighted by Crippen LogP contribution is -2.47. The number of aromatic amines is 1. The summed E-state index contributed by atoms with van der Waals surface area (Å²) in [5, 5.41) is 9.61. The first-order valence-corrected chi connectivity index (χ1v) is 6.48. The first kappa shape index (κ1) is 12.9. The minimum atomic E-state index is -1.25. The Kier molecular flexibility index (Phi) is 3.32. The van der Waals surface area contributed by atoms with Gasteiger partial charge in [0.1, 0.15) is 5.54 Å². The van der Waals surface area contributed by atoms with E-state index in [9.17, 15) is 4.79 Å². The predicted molar refractivity (Wildman–Crippen MR) is 71.8 cm³/mol. The lowest BCUT2D eigenvalue weighted by Gasteiger charge is -2.17. The van der Waals surface area contributed by atoms with E-state index >= 15 is 0 Å². The van der Waals surface area contributed by atoms with E-state index in [1.807, 2.05) is 25.1 Å². The molecule has 0 saturated carbocycles. The number of nitrogens with one attached hydrogen (secondary N) is 1. The quantitative estimate of drug-likeness (QED) is 0.733. The van der Waals surface area contributed by atoms with E-state index < -0.39 is 11.5 Å². The van der Waals surface area contributed by atoms with Gasteiger partial charge >= 0.3 is 5.97 Å². The second kappa shape index (κ2) is 4.62. The summed E-state index contributed by atoms with van der Waals surface area (Å²) in [5.74, 6) is -0.747.